The molecule has 0 unspecified atom stereocenters. The SMILES string of the molecule is O=Cc1ccc(N2CCN(C=O)CC2)cc1Br. The molecule has 90 valence electrons. The maximum Gasteiger partial charge on any atom is 0.209 e. The third-order valence-corrected chi connectivity index (χ3v) is 3.63. The number of benzene rings is 1. The van der Waals surface area contributed by atoms with Gasteiger partial charge in [0.25, 0.3) is 0 Å². The lowest BCUT2D eigenvalue weighted by Crippen LogP contribution is -2.45. The largest absolute Gasteiger partial charge is 0.368 e. The van der Waals surface area contributed by atoms with E-state index in [1.54, 1.807) is 11.0 Å². The summed E-state index contributed by atoms with van der Waals surface area (Å²) < 4.78 is 0.808. The highest BCUT2D eigenvalue weighted by Crippen LogP contribution is 2.23. The molecule has 0 aromatic heterocycles. The topological polar surface area (TPSA) is 40.6 Å². The van der Waals surface area contributed by atoms with Gasteiger partial charge in [-0.25, -0.2) is 0 Å². The van der Waals surface area contributed by atoms with E-state index < -0.39 is 0 Å². The van der Waals surface area contributed by atoms with Gasteiger partial charge >= 0.3 is 0 Å². The summed E-state index contributed by atoms with van der Waals surface area (Å²) in [6.45, 7) is 3.14. The number of amides is 1. The van der Waals surface area contributed by atoms with Crippen LogP contribution in [0, 0.1) is 0 Å². The summed E-state index contributed by atoms with van der Waals surface area (Å²) in [7, 11) is 0. The third-order valence-electron chi connectivity index (χ3n) is 2.94. The van der Waals surface area contributed by atoms with Gasteiger partial charge in [0.05, 0.1) is 0 Å². The number of hydrogen-bond acceptors (Lipinski definition) is 3. The molecule has 4 nitrogen and oxygen atoms in total. The summed E-state index contributed by atoms with van der Waals surface area (Å²) in [5.41, 5.74) is 1.73. The maximum atomic E-state index is 10.7. The van der Waals surface area contributed by atoms with Gasteiger partial charge in [0.15, 0.2) is 6.29 Å². The molecule has 1 aromatic carbocycles. The number of aldehydes is 1. The standard InChI is InChI=1S/C12H13BrN2O2/c13-12-7-11(2-1-10(12)8-16)15-5-3-14(9-17)4-6-15/h1-2,7-9H,3-6H2. The number of carbonyl (C=O) groups excluding carboxylic acids is 2. The number of carbonyl (C=O) groups is 2. The number of hydrogen-bond donors (Lipinski definition) is 0. The van der Waals surface area contributed by atoms with Gasteiger partial charge in [0.2, 0.25) is 6.41 Å². The highest BCUT2D eigenvalue weighted by Gasteiger charge is 2.16. The molecule has 1 aliphatic rings. The highest BCUT2D eigenvalue weighted by atomic mass is 79.9. The number of piperazine rings is 1. The molecule has 1 heterocycles. The van der Waals surface area contributed by atoms with E-state index in [4.69, 9.17) is 0 Å². The fourth-order valence-corrected chi connectivity index (χ4v) is 2.35. The molecule has 1 fully saturated rings. The molecular formula is C12H13BrN2O2. The monoisotopic (exact) mass is 296 g/mol. The Morgan fingerprint density at radius 2 is 1.82 bits per heavy atom. The Balaban J connectivity index is 2.10. The van der Waals surface area contributed by atoms with Gasteiger partial charge in [-0.05, 0) is 34.1 Å². The first-order chi connectivity index (χ1) is 8.24. The van der Waals surface area contributed by atoms with Crippen molar-refractivity contribution in [3.05, 3.63) is 28.2 Å². The summed E-state index contributed by atoms with van der Waals surface area (Å²) >= 11 is 3.37. The van der Waals surface area contributed by atoms with Crippen LogP contribution in [0.15, 0.2) is 22.7 Å². The number of rotatable bonds is 3. The summed E-state index contributed by atoms with van der Waals surface area (Å²) in [6.07, 6.45) is 1.72. The van der Waals surface area contributed by atoms with Crippen LogP contribution in [0.3, 0.4) is 0 Å². The summed E-state index contributed by atoms with van der Waals surface area (Å²) in [5.74, 6) is 0. The minimum Gasteiger partial charge on any atom is -0.368 e. The molecule has 0 radical (unpaired) electrons. The van der Waals surface area contributed by atoms with Crippen LogP contribution in [-0.4, -0.2) is 43.8 Å². The Kier molecular flexibility index (Phi) is 3.78. The van der Waals surface area contributed by atoms with Gasteiger partial charge in [0, 0.05) is 41.9 Å². The quantitative estimate of drug-likeness (QED) is 0.795. The molecule has 0 spiro atoms. The molecule has 17 heavy (non-hydrogen) atoms. The van der Waals surface area contributed by atoms with E-state index in [1.165, 1.54) is 0 Å². The zero-order chi connectivity index (χ0) is 12.3. The van der Waals surface area contributed by atoms with Crippen molar-refractivity contribution in [1.29, 1.82) is 0 Å². The van der Waals surface area contributed by atoms with E-state index in [1.807, 2.05) is 12.1 Å². The van der Waals surface area contributed by atoms with Crippen LogP contribution >= 0.6 is 15.9 Å². The molecule has 1 amide bonds. The molecule has 0 N–H and O–H groups in total. The fourth-order valence-electron chi connectivity index (χ4n) is 1.89. The average molecular weight is 297 g/mol. The third kappa shape index (κ3) is 2.66. The van der Waals surface area contributed by atoms with E-state index >= 15 is 0 Å². The minimum absolute atomic E-state index is 0.653. The van der Waals surface area contributed by atoms with Crippen LogP contribution in [0.25, 0.3) is 0 Å². The predicted molar refractivity (Wildman–Crippen MR) is 69.4 cm³/mol. The van der Waals surface area contributed by atoms with Crippen molar-refractivity contribution in [2.24, 2.45) is 0 Å². The first-order valence-electron chi connectivity index (χ1n) is 5.43. The lowest BCUT2D eigenvalue weighted by molar-refractivity contribution is -0.118. The Bertz CT molecular complexity index is 429. The van der Waals surface area contributed by atoms with E-state index in [-0.39, 0.29) is 0 Å². The van der Waals surface area contributed by atoms with Crippen molar-refractivity contribution in [2.45, 2.75) is 0 Å². The van der Waals surface area contributed by atoms with Gasteiger partial charge in [-0.3, -0.25) is 9.59 Å². The molecule has 5 heteroatoms. The van der Waals surface area contributed by atoms with Crippen molar-refractivity contribution in [3.8, 4) is 0 Å². The van der Waals surface area contributed by atoms with E-state index in [0.717, 1.165) is 49.0 Å². The Morgan fingerprint density at radius 1 is 1.12 bits per heavy atom. The first-order valence-corrected chi connectivity index (χ1v) is 6.23. The Hall–Kier alpha value is -1.36. The van der Waals surface area contributed by atoms with Crippen LogP contribution in [0.5, 0.6) is 0 Å². The zero-order valence-corrected chi connectivity index (χ0v) is 10.9. The molecule has 0 atom stereocenters. The second-order valence-electron chi connectivity index (χ2n) is 3.95. The molecule has 0 bridgehead atoms. The second-order valence-corrected chi connectivity index (χ2v) is 4.81. The molecule has 1 saturated heterocycles. The average Bonchev–Trinajstić information content (AvgIpc) is 2.39. The van der Waals surface area contributed by atoms with Crippen LogP contribution < -0.4 is 4.90 Å². The van der Waals surface area contributed by atoms with Crippen molar-refractivity contribution in [2.75, 3.05) is 31.1 Å². The van der Waals surface area contributed by atoms with Crippen LogP contribution in [-0.2, 0) is 4.79 Å². The highest BCUT2D eigenvalue weighted by molar-refractivity contribution is 9.10. The first kappa shape index (κ1) is 12.1. The predicted octanol–water partition coefficient (Wildman–Crippen LogP) is 1.54. The second kappa shape index (κ2) is 5.31. The summed E-state index contributed by atoms with van der Waals surface area (Å²) in [4.78, 5) is 25.3. The molecule has 2 rings (SSSR count). The molecule has 1 aromatic rings. The Morgan fingerprint density at radius 3 is 2.35 bits per heavy atom. The smallest absolute Gasteiger partial charge is 0.209 e. The van der Waals surface area contributed by atoms with Crippen molar-refractivity contribution >= 4 is 34.3 Å². The normalized spacial score (nSPS) is 15.8. The van der Waals surface area contributed by atoms with Gasteiger partial charge in [-0.1, -0.05) is 0 Å². The fraction of sp³-hybridized carbons (Fsp3) is 0.333. The van der Waals surface area contributed by atoms with Gasteiger partial charge < -0.3 is 9.80 Å². The maximum absolute atomic E-state index is 10.7. The lowest BCUT2D eigenvalue weighted by Gasteiger charge is -2.34. The summed E-state index contributed by atoms with van der Waals surface area (Å²) in [6, 6.07) is 5.68. The molecular weight excluding hydrogens is 284 g/mol. The van der Waals surface area contributed by atoms with E-state index in [9.17, 15) is 9.59 Å². The number of halogens is 1. The van der Waals surface area contributed by atoms with Gasteiger partial charge in [-0.15, -0.1) is 0 Å². The van der Waals surface area contributed by atoms with E-state index in [2.05, 4.69) is 20.8 Å². The van der Waals surface area contributed by atoms with Crippen LogP contribution in [0.4, 0.5) is 5.69 Å². The number of nitrogens with zero attached hydrogens (tertiary/aromatic N) is 2. The van der Waals surface area contributed by atoms with Crippen molar-refractivity contribution in [1.82, 2.24) is 4.90 Å². The Labute approximate surface area is 108 Å². The van der Waals surface area contributed by atoms with Gasteiger partial charge in [-0.2, -0.15) is 0 Å². The zero-order valence-electron chi connectivity index (χ0n) is 9.30. The molecule has 0 saturated carbocycles. The van der Waals surface area contributed by atoms with Crippen molar-refractivity contribution in [3.63, 3.8) is 0 Å². The minimum atomic E-state index is 0.653. The summed E-state index contributed by atoms with van der Waals surface area (Å²) in [5, 5.41) is 0. The van der Waals surface area contributed by atoms with Crippen LogP contribution in [0.2, 0.25) is 0 Å². The molecule has 0 aliphatic carbocycles. The van der Waals surface area contributed by atoms with Crippen molar-refractivity contribution < 1.29 is 9.59 Å². The van der Waals surface area contributed by atoms with Gasteiger partial charge in [0.1, 0.15) is 0 Å². The van der Waals surface area contributed by atoms with E-state index in [0.29, 0.717) is 5.56 Å². The van der Waals surface area contributed by atoms with Crippen LogP contribution in [0.1, 0.15) is 10.4 Å². The molecule has 1 aliphatic heterocycles. The lowest BCUT2D eigenvalue weighted by atomic mass is 10.2. The number of anilines is 1.